The third-order valence-corrected chi connectivity index (χ3v) is 3.22. The first-order valence-electron chi connectivity index (χ1n) is 5.68. The maximum absolute atomic E-state index is 12.8. The van der Waals surface area contributed by atoms with Gasteiger partial charge in [0.05, 0.1) is 0 Å². The summed E-state index contributed by atoms with van der Waals surface area (Å²) >= 11 is 0. The van der Waals surface area contributed by atoms with Gasteiger partial charge in [-0.05, 0) is 43.4 Å². The molecule has 15 heavy (non-hydrogen) atoms. The zero-order valence-electron chi connectivity index (χ0n) is 9.33. The van der Waals surface area contributed by atoms with Crippen LogP contribution in [0.5, 0.6) is 0 Å². The standard InChI is InChI=1S/C13H18FN/c1-9(10(2)15-13-7-8-13)11-3-5-12(14)6-4-11/h3-6,9-10,13,15H,7-8H2,1-2H3. The van der Waals surface area contributed by atoms with Gasteiger partial charge < -0.3 is 5.32 Å². The highest BCUT2D eigenvalue weighted by atomic mass is 19.1. The molecule has 2 rings (SSSR count). The molecule has 0 spiro atoms. The van der Waals surface area contributed by atoms with Gasteiger partial charge in [0.1, 0.15) is 5.82 Å². The van der Waals surface area contributed by atoms with E-state index in [1.54, 1.807) is 0 Å². The Balaban J connectivity index is 1.98. The van der Waals surface area contributed by atoms with Gasteiger partial charge in [-0.15, -0.1) is 0 Å². The molecule has 0 aromatic heterocycles. The minimum absolute atomic E-state index is 0.159. The molecular weight excluding hydrogens is 189 g/mol. The number of rotatable bonds is 4. The Bertz CT molecular complexity index is 316. The molecule has 1 nitrogen and oxygen atoms in total. The summed E-state index contributed by atoms with van der Waals surface area (Å²) in [5, 5.41) is 3.57. The quantitative estimate of drug-likeness (QED) is 0.800. The Hall–Kier alpha value is -0.890. The highest BCUT2D eigenvalue weighted by molar-refractivity contribution is 5.21. The molecule has 1 saturated carbocycles. The van der Waals surface area contributed by atoms with Gasteiger partial charge in [-0.3, -0.25) is 0 Å². The van der Waals surface area contributed by atoms with E-state index in [0.717, 1.165) is 6.04 Å². The maximum atomic E-state index is 12.8. The van der Waals surface area contributed by atoms with E-state index < -0.39 is 0 Å². The van der Waals surface area contributed by atoms with Crippen LogP contribution in [0.1, 0.15) is 38.2 Å². The highest BCUT2D eigenvalue weighted by Gasteiger charge is 2.25. The molecule has 2 atom stereocenters. The maximum Gasteiger partial charge on any atom is 0.123 e. The number of nitrogens with one attached hydrogen (secondary N) is 1. The molecule has 1 aliphatic carbocycles. The van der Waals surface area contributed by atoms with Gasteiger partial charge in [0.2, 0.25) is 0 Å². The zero-order valence-corrected chi connectivity index (χ0v) is 9.33. The zero-order chi connectivity index (χ0) is 10.8. The summed E-state index contributed by atoms with van der Waals surface area (Å²) in [6.45, 7) is 4.39. The fourth-order valence-corrected chi connectivity index (χ4v) is 1.82. The van der Waals surface area contributed by atoms with Crippen LogP contribution in [0.15, 0.2) is 24.3 Å². The topological polar surface area (TPSA) is 12.0 Å². The van der Waals surface area contributed by atoms with Gasteiger partial charge in [0.25, 0.3) is 0 Å². The molecule has 0 radical (unpaired) electrons. The summed E-state index contributed by atoms with van der Waals surface area (Å²) < 4.78 is 12.8. The van der Waals surface area contributed by atoms with Crippen LogP contribution in [-0.2, 0) is 0 Å². The van der Waals surface area contributed by atoms with Crippen LogP contribution in [0.3, 0.4) is 0 Å². The van der Waals surface area contributed by atoms with Crippen molar-refractivity contribution in [2.45, 2.75) is 44.7 Å². The van der Waals surface area contributed by atoms with Crippen LogP contribution in [0.4, 0.5) is 4.39 Å². The van der Waals surface area contributed by atoms with Crippen LogP contribution < -0.4 is 5.32 Å². The monoisotopic (exact) mass is 207 g/mol. The van der Waals surface area contributed by atoms with Gasteiger partial charge in [-0.1, -0.05) is 19.1 Å². The van der Waals surface area contributed by atoms with Crippen molar-refractivity contribution in [2.24, 2.45) is 0 Å². The molecule has 0 bridgehead atoms. The molecule has 1 fully saturated rings. The molecule has 1 aromatic carbocycles. The van der Waals surface area contributed by atoms with Crippen molar-refractivity contribution < 1.29 is 4.39 Å². The Morgan fingerprint density at radius 1 is 1.20 bits per heavy atom. The second-order valence-electron chi connectivity index (χ2n) is 4.57. The van der Waals surface area contributed by atoms with Crippen LogP contribution in [0.2, 0.25) is 0 Å². The minimum Gasteiger partial charge on any atom is -0.311 e. The first-order valence-corrected chi connectivity index (χ1v) is 5.68. The van der Waals surface area contributed by atoms with E-state index in [0.29, 0.717) is 12.0 Å². The third-order valence-electron chi connectivity index (χ3n) is 3.22. The van der Waals surface area contributed by atoms with E-state index in [1.807, 2.05) is 12.1 Å². The van der Waals surface area contributed by atoms with Gasteiger partial charge in [0.15, 0.2) is 0 Å². The summed E-state index contributed by atoms with van der Waals surface area (Å²) in [5.41, 5.74) is 1.21. The molecule has 2 heteroatoms. The average molecular weight is 207 g/mol. The van der Waals surface area contributed by atoms with E-state index >= 15 is 0 Å². The number of hydrogen-bond donors (Lipinski definition) is 1. The molecule has 0 amide bonds. The fraction of sp³-hybridized carbons (Fsp3) is 0.538. The van der Waals surface area contributed by atoms with Gasteiger partial charge in [0, 0.05) is 12.1 Å². The first-order chi connectivity index (χ1) is 7.16. The van der Waals surface area contributed by atoms with Crippen LogP contribution in [0.25, 0.3) is 0 Å². The van der Waals surface area contributed by atoms with Crippen LogP contribution in [-0.4, -0.2) is 12.1 Å². The molecule has 1 aliphatic rings. The van der Waals surface area contributed by atoms with Crippen molar-refractivity contribution in [1.29, 1.82) is 0 Å². The van der Waals surface area contributed by atoms with Crippen molar-refractivity contribution in [1.82, 2.24) is 5.32 Å². The largest absolute Gasteiger partial charge is 0.311 e. The highest BCUT2D eigenvalue weighted by Crippen LogP contribution is 2.24. The normalized spacial score (nSPS) is 19.9. The van der Waals surface area contributed by atoms with Gasteiger partial charge in [-0.25, -0.2) is 4.39 Å². The number of hydrogen-bond acceptors (Lipinski definition) is 1. The Morgan fingerprint density at radius 2 is 1.80 bits per heavy atom. The Kier molecular flexibility index (Phi) is 3.06. The lowest BCUT2D eigenvalue weighted by molar-refractivity contribution is 0.478. The van der Waals surface area contributed by atoms with E-state index in [-0.39, 0.29) is 5.82 Å². The SMILES string of the molecule is CC(NC1CC1)C(C)c1ccc(F)cc1. The number of benzene rings is 1. The van der Waals surface area contributed by atoms with E-state index in [4.69, 9.17) is 0 Å². The van der Waals surface area contributed by atoms with Crippen molar-refractivity contribution in [3.63, 3.8) is 0 Å². The summed E-state index contributed by atoms with van der Waals surface area (Å²) in [5.74, 6) is 0.278. The predicted octanol–water partition coefficient (Wildman–Crippen LogP) is 3.07. The predicted molar refractivity (Wildman–Crippen MR) is 60.4 cm³/mol. The van der Waals surface area contributed by atoms with Crippen LogP contribution >= 0.6 is 0 Å². The van der Waals surface area contributed by atoms with E-state index in [1.165, 1.54) is 30.5 Å². The minimum atomic E-state index is -0.159. The number of halogens is 1. The summed E-state index contributed by atoms with van der Waals surface area (Å²) in [6, 6.07) is 8.02. The first kappa shape index (κ1) is 10.6. The van der Waals surface area contributed by atoms with Gasteiger partial charge >= 0.3 is 0 Å². The van der Waals surface area contributed by atoms with Crippen molar-refractivity contribution >= 4 is 0 Å². The van der Waals surface area contributed by atoms with E-state index in [2.05, 4.69) is 19.2 Å². The second-order valence-corrected chi connectivity index (χ2v) is 4.57. The van der Waals surface area contributed by atoms with Crippen molar-refractivity contribution in [3.05, 3.63) is 35.6 Å². The lowest BCUT2D eigenvalue weighted by Gasteiger charge is -2.21. The molecule has 0 aliphatic heterocycles. The lowest BCUT2D eigenvalue weighted by atomic mass is 9.94. The average Bonchev–Trinajstić information content (AvgIpc) is 3.02. The smallest absolute Gasteiger partial charge is 0.123 e. The lowest BCUT2D eigenvalue weighted by Crippen LogP contribution is -2.32. The Labute approximate surface area is 90.7 Å². The fourth-order valence-electron chi connectivity index (χ4n) is 1.82. The van der Waals surface area contributed by atoms with Gasteiger partial charge in [-0.2, -0.15) is 0 Å². The van der Waals surface area contributed by atoms with E-state index in [9.17, 15) is 4.39 Å². The summed E-state index contributed by atoms with van der Waals surface area (Å²) in [6.07, 6.45) is 2.61. The Morgan fingerprint density at radius 3 is 2.33 bits per heavy atom. The third kappa shape index (κ3) is 2.78. The molecule has 1 aromatic rings. The molecule has 82 valence electrons. The molecule has 0 heterocycles. The van der Waals surface area contributed by atoms with Crippen molar-refractivity contribution in [3.8, 4) is 0 Å². The van der Waals surface area contributed by atoms with Crippen molar-refractivity contribution in [2.75, 3.05) is 0 Å². The summed E-state index contributed by atoms with van der Waals surface area (Å²) in [7, 11) is 0. The second kappa shape index (κ2) is 4.31. The molecule has 0 saturated heterocycles. The summed E-state index contributed by atoms with van der Waals surface area (Å²) in [4.78, 5) is 0. The molecular formula is C13H18FN. The molecule has 2 unspecified atom stereocenters. The molecule has 1 N–H and O–H groups in total. The van der Waals surface area contributed by atoms with Crippen LogP contribution in [0, 0.1) is 5.82 Å².